The van der Waals surface area contributed by atoms with Gasteiger partial charge < -0.3 is 14.3 Å². The second kappa shape index (κ2) is 6.55. The fourth-order valence-electron chi connectivity index (χ4n) is 1.78. The zero-order valence-electron chi connectivity index (χ0n) is 10.4. The number of benzene rings is 1. The van der Waals surface area contributed by atoms with Crippen molar-refractivity contribution in [1.82, 2.24) is 0 Å². The van der Waals surface area contributed by atoms with Crippen molar-refractivity contribution in [2.45, 2.75) is 19.3 Å². The summed E-state index contributed by atoms with van der Waals surface area (Å²) in [5, 5.41) is 0. The molecule has 0 aliphatic heterocycles. The van der Waals surface area contributed by atoms with Gasteiger partial charge in [0.05, 0.1) is 14.2 Å². The van der Waals surface area contributed by atoms with Crippen molar-refractivity contribution in [3.05, 3.63) is 23.8 Å². The molecule has 0 bridgehead atoms. The van der Waals surface area contributed by atoms with Crippen LogP contribution in [0.3, 0.4) is 0 Å². The second-order valence-corrected chi connectivity index (χ2v) is 4.26. The topological polar surface area (TPSA) is 35.5 Å². The molecule has 0 fully saturated rings. The number of carbonyl (C=O) groups excluding carboxylic acids is 1. The Bertz CT molecular complexity index is 390. The van der Waals surface area contributed by atoms with Crippen LogP contribution in [-0.2, 0) is 4.79 Å². The maximum Gasteiger partial charge on any atom is 0.130 e. The van der Waals surface area contributed by atoms with Crippen molar-refractivity contribution in [2.24, 2.45) is 0 Å². The van der Waals surface area contributed by atoms with E-state index >= 15 is 0 Å². The zero-order valence-corrected chi connectivity index (χ0v) is 11.3. The fourth-order valence-corrected chi connectivity index (χ4v) is 2.10. The normalized spacial score (nSPS) is 12.0. The quantitative estimate of drug-likeness (QED) is 0.793. The van der Waals surface area contributed by atoms with Gasteiger partial charge in [0.2, 0.25) is 0 Å². The summed E-state index contributed by atoms with van der Waals surface area (Å²) in [6.45, 7) is 1.59. The molecule has 17 heavy (non-hydrogen) atoms. The molecule has 1 unspecified atom stereocenters. The maximum atomic E-state index is 11.2. The highest BCUT2D eigenvalue weighted by Gasteiger charge is 2.17. The van der Waals surface area contributed by atoms with Crippen molar-refractivity contribution < 1.29 is 14.3 Å². The maximum absolute atomic E-state index is 11.2. The SMILES string of the molecule is COc1ccc(C(CS)CC(C)=O)c(OC)c1. The number of hydrogen-bond donors (Lipinski definition) is 1. The van der Waals surface area contributed by atoms with Gasteiger partial charge in [-0.1, -0.05) is 6.07 Å². The number of hydrogen-bond acceptors (Lipinski definition) is 4. The molecule has 94 valence electrons. The first kappa shape index (κ1) is 13.9. The van der Waals surface area contributed by atoms with Gasteiger partial charge in [-0.05, 0) is 24.3 Å². The molecule has 4 heteroatoms. The molecule has 0 N–H and O–H groups in total. The molecule has 0 radical (unpaired) electrons. The summed E-state index contributed by atoms with van der Waals surface area (Å²) in [7, 11) is 3.22. The summed E-state index contributed by atoms with van der Waals surface area (Å²) in [5.41, 5.74) is 0.999. The van der Waals surface area contributed by atoms with E-state index in [1.54, 1.807) is 21.1 Å². The van der Waals surface area contributed by atoms with Gasteiger partial charge >= 0.3 is 0 Å². The van der Waals surface area contributed by atoms with Crippen LogP contribution in [0, 0.1) is 0 Å². The Morgan fingerprint density at radius 1 is 1.35 bits per heavy atom. The van der Waals surface area contributed by atoms with Gasteiger partial charge in [-0.25, -0.2) is 0 Å². The Morgan fingerprint density at radius 2 is 2.06 bits per heavy atom. The molecule has 0 spiro atoms. The monoisotopic (exact) mass is 254 g/mol. The molecule has 1 atom stereocenters. The van der Waals surface area contributed by atoms with Crippen LogP contribution in [0.2, 0.25) is 0 Å². The summed E-state index contributed by atoms with van der Waals surface area (Å²) >= 11 is 4.30. The third-order valence-electron chi connectivity index (χ3n) is 2.63. The molecule has 1 aromatic rings. The van der Waals surface area contributed by atoms with Crippen LogP contribution < -0.4 is 9.47 Å². The van der Waals surface area contributed by atoms with Gasteiger partial charge in [-0.2, -0.15) is 12.6 Å². The van der Waals surface area contributed by atoms with Crippen LogP contribution in [0.5, 0.6) is 11.5 Å². The Kier molecular flexibility index (Phi) is 5.35. The van der Waals surface area contributed by atoms with E-state index in [0.29, 0.717) is 12.2 Å². The number of ether oxygens (including phenoxy) is 2. The lowest BCUT2D eigenvalue weighted by Crippen LogP contribution is -2.07. The van der Waals surface area contributed by atoms with E-state index in [2.05, 4.69) is 12.6 Å². The van der Waals surface area contributed by atoms with Gasteiger partial charge in [0.1, 0.15) is 17.3 Å². The van der Waals surface area contributed by atoms with Gasteiger partial charge in [-0.3, -0.25) is 0 Å². The van der Waals surface area contributed by atoms with E-state index in [9.17, 15) is 4.79 Å². The first-order valence-electron chi connectivity index (χ1n) is 5.44. The van der Waals surface area contributed by atoms with Crippen LogP contribution in [-0.4, -0.2) is 25.8 Å². The average molecular weight is 254 g/mol. The van der Waals surface area contributed by atoms with Crippen molar-refractivity contribution in [1.29, 1.82) is 0 Å². The number of carbonyl (C=O) groups is 1. The first-order chi connectivity index (χ1) is 8.12. The summed E-state index contributed by atoms with van der Waals surface area (Å²) in [5.74, 6) is 2.33. The summed E-state index contributed by atoms with van der Waals surface area (Å²) in [4.78, 5) is 11.2. The average Bonchev–Trinajstić information content (AvgIpc) is 2.35. The summed E-state index contributed by atoms with van der Waals surface area (Å²) < 4.78 is 10.5. The van der Waals surface area contributed by atoms with Gasteiger partial charge in [0.15, 0.2) is 0 Å². The number of ketones is 1. The largest absolute Gasteiger partial charge is 0.497 e. The molecule has 0 aliphatic rings. The third-order valence-corrected chi connectivity index (χ3v) is 3.08. The van der Waals surface area contributed by atoms with Crippen molar-refractivity contribution >= 4 is 18.4 Å². The molecule has 0 aliphatic carbocycles. The van der Waals surface area contributed by atoms with E-state index < -0.39 is 0 Å². The highest BCUT2D eigenvalue weighted by Crippen LogP contribution is 2.33. The number of thiol groups is 1. The molecular weight excluding hydrogens is 236 g/mol. The lowest BCUT2D eigenvalue weighted by atomic mass is 9.95. The molecular formula is C13H18O3S. The highest BCUT2D eigenvalue weighted by atomic mass is 32.1. The zero-order chi connectivity index (χ0) is 12.8. The molecule has 0 heterocycles. The Morgan fingerprint density at radius 3 is 2.53 bits per heavy atom. The van der Waals surface area contributed by atoms with Crippen molar-refractivity contribution in [3.8, 4) is 11.5 Å². The lowest BCUT2D eigenvalue weighted by molar-refractivity contribution is -0.117. The minimum absolute atomic E-state index is 0.0803. The van der Waals surface area contributed by atoms with Gasteiger partial charge in [-0.15, -0.1) is 0 Å². The summed E-state index contributed by atoms with van der Waals surface area (Å²) in [6.07, 6.45) is 0.478. The Hall–Kier alpha value is -1.16. The highest BCUT2D eigenvalue weighted by molar-refractivity contribution is 7.80. The molecule has 3 nitrogen and oxygen atoms in total. The third kappa shape index (κ3) is 3.66. The van der Waals surface area contributed by atoms with Crippen LogP contribution in [0.15, 0.2) is 18.2 Å². The van der Waals surface area contributed by atoms with Crippen molar-refractivity contribution in [2.75, 3.05) is 20.0 Å². The van der Waals surface area contributed by atoms with Crippen LogP contribution >= 0.6 is 12.6 Å². The van der Waals surface area contributed by atoms with Crippen molar-refractivity contribution in [3.63, 3.8) is 0 Å². The lowest BCUT2D eigenvalue weighted by Gasteiger charge is -2.17. The number of methoxy groups -OCH3 is 2. The van der Waals surface area contributed by atoms with Crippen LogP contribution in [0.25, 0.3) is 0 Å². The molecule has 0 amide bonds. The molecule has 0 saturated carbocycles. The van der Waals surface area contributed by atoms with E-state index in [0.717, 1.165) is 17.1 Å². The Balaban J connectivity index is 3.05. The van der Waals surface area contributed by atoms with Gasteiger partial charge in [0, 0.05) is 18.4 Å². The van der Waals surface area contributed by atoms with E-state index in [1.165, 1.54) is 0 Å². The molecule has 1 rings (SSSR count). The van der Waals surface area contributed by atoms with Gasteiger partial charge in [0.25, 0.3) is 0 Å². The smallest absolute Gasteiger partial charge is 0.130 e. The minimum atomic E-state index is 0.0803. The number of rotatable bonds is 6. The summed E-state index contributed by atoms with van der Waals surface area (Å²) in [6, 6.07) is 5.63. The van der Waals surface area contributed by atoms with Crippen LogP contribution in [0.1, 0.15) is 24.8 Å². The Labute approximate surface area is 108 Å². The molecule has 0 saturated heterocycles. The fraction of sp³-hybridized carbons (Fsp3) is 0.462. The van der Waals surface area contributed by atoms with Crippen LogP contribution in [0.4, 0.5) is 0 Å². The number of Topliss-reactive ketones (excluding diaryl/α,β-unsaturated/α-hetero) is 1. The predicted molar refractivity (Wildman–Crippen MR) is 71.4 cm³/mol. The standard InChI is InChI=1S/C13H18O3S/c1-9(14)6-10(8-17)12-5-4-11(15-2)7-13(12)16-3/h4-5,7,10,17H,6,8H2,1-3H3. The minimum Gasteiger partial charge on any atom is -0.497 e. The second-order valence-electron chi connectivity index (χ2n) is 3.89. The van der Waals surface area contributed by atoms with E-state index in [4.69, 9.17) is 9.47 Å². The predicted octanol–water partition coefficient (Wildman–Crippen LogP) is 2.70. The first-order valence-corrected chi connectivity index (χ1v) is 6.07. The molecule has 1 aromatic carbocycles. The van der Waals surface area contributed by atoms with E-state index in [1.807, 2.05) is 18.2 Å². The molecule has 0 aromatic heterocycles. The van der Waals surface area contributed by atoms with E-state index in [-0.39, 0.29) is 11.7 Å².